The summed E-state index contributed by atoms with van der Waals surface area (Å²) in [6, 6.07) is 0. The fraction of sp³-hybridized carbons (Fsp3) is 0.500. The van der Waals surface area contributed by atoms with Crippen molar-refractivity contribution in [1.82, 2.24) is 0 Å². The first-order valence-corrected chi connectivity index (χ1v) is 1.99. The van der Waals surface area contributed by atoms with Crippen molar-refractivity contribution in [1.29, 1.82) is 0 Å². The van der Waals surface area contributed by atoms with E-state index in [0.717, 1.165) is 12.4 Å². The standard InChI is InChI=1S/C4H6N2/c1-4-5-2-3-6-4/h2H,3H2,1H3/p+1. The van der Waals surface area contributed by atoms with Gasteiger partial charge in [-0.15, -0.1) is 0 Å². The van der Waals surface area contributed by atoms with Gasteiger partial charge in [-0.2, -0.15) is 0 Å². The summed E-state index contributed by atoms with van der Waals surface area (Å²) in [6.07, 6.45) is 1.86. The first kappa shape index (κ1) is 3.53. The summed E-state index contributed by atoms with van der Waals surface area (Å²) in [5, 5.41) is 0. The molecular formula is C4H7N2+. The molecule has 0 atom stereocenters. The second-order valence-corrected chi connectivity index (χ2v) is 1.28. The maximum Gasteiger partial charge on any atom is 0.288 e. The van der Waals surface area contributed by atoms with E-state index in [1.165, 1.54) is 0 Å². The molecule has 0 saturated carbocycles. The lowest BCUT2D eigenvalue weighted by Gasteiger charge is -1.61. The van der Waals surface area contributed by atoms with E-state index in [0.29, 0.717) is 0 Å². The van der Waals surface area contributed by atoms with Gasteiger partial charge in [0, 0.05) is 6.92 Å². The molecule has 2 heteroatoms. The van der Waals surface area contributed by atoms with Crippen LogP contribution in [0, 0.1) is 0 Å². The first-order chi connectivity index (χ1) is 2.89. The van der Waals surface area contributed by atoms with Crippen LogP contribution in [0.3, 0.4) is 0 Å². The van der Waals surface area contributed by atoms with E-state index in [4.69, 9.17) is 0 Å². The smallest absolute Gasteiger partial charge is 0.268 e. The number of aliphatic imine (C=N–C) groups is 1. The van der Waals surface area contributed by atoms with Crippen LogP contribution in [0.25, 0.3) is 0 Å². The molecule has 0 bridgehead atoms. The number of amidine groups is 1. The average Bonchev–Trinajstić information content (AvgIpc) is 1.86. The summed E-state index contributed by atoms with van der Waals surface area (Å²) in [4.78, 5) is 6.93. The molecule has 0 aromatic heterocycles. The van der Waals surface area contributed by atoms with Crippen LogP contribution in [0.4, 0.5) is 0 Å². The van der Waals surface area contributed by atoms with E-state index in [1.807, 2.05) is 13.1 Å². The zero-order chi connectivity index (χ0) is 4.41. The molecule has 0 amide bonds. The van der Waals surface area contributed by atoms with Crippen molar-refractivity contribution in [3.05, 3.63) is 0 Å². The van der Waals surface area contributed by atoms with Crippen molar-refractivity contribution < 1.29 is 4.99 Å². The molecule has 32 valence electrons. The Balaban J connectivity index is 2.68. The van der Waals surface area contributed by atoms with E-state index in [9.17, 15) is 0 Å². The highest BCUT2D eigenvalue weighted by Crippen LogP contribution is 1.64. The van der Waals surface area contributed by atoms with Crippen LogP contribution in [-0.2, 0) is 0 Å². The Morgan fingerprint density at radius 1 is 2.00 bits per heavy atom. The maximum atomic E-state index is 3.92. The number of nitrogens with one attached hydrogen (secondary N) is 1. The van der Waals surface area contributed by atoms with Crippen LogP contribution in [0.2, 0.25) is 0 Å². The molecule has 0 spiro atoms. The van der Waals surface area contributed by atoms with Gasteiger partial charge in [-0.05, 0) is 0 Å². The van der Waals surface area contributed by atoms with Gasteiger partial charge in [-0.25, -0.2) is 0 Å². The van der Waals surface area contributed by atoms with Crippen LogP contribution in [0.1, 0.15) is 6.92 Å². The molecule has 0 radical (unpaired) electrons. The highest BCUT2D eigenvalue weighted by Gasteiger charge is 1.98. The van der Waals surface area contributed by atoms with Crippen molar-refractivity contribution in [3.63, 3.8) is 0 Å². The van der Waals surface area contributed by atoms with Gasteiger partial charge in [0.2, 0.25) is 0 Å². The van der Waals surface area contributed by atoms with Crippen LogP contribution in [-0.4, -0.2) is 18.6 Å². The number of rotatable bonds is 0. The summed E-state index contributed by atoms with van der Waals surface area (Å²) < 4.78 is 0. The van der Waals surface area contributed by atoms with Gasteiger partial charge < -0.3 is 0 Å². The summed E-state index contributed by atoms with van der Waals surface area (Å²) in [7, 11) is 0. The van der Waals surface area contributed by atoms with Crippen LogP contribution in [0.5, 0.6) is 0 Å². The van der Waals surface area contributed by atoms with Crippen molar-refractivity contribution in [2.75, 3.05) is 6.54 Å². The Morgan fingerprint density at radius 3 is 3.00 bits per heavy atom. The maximum absolute atomic E-state index is 3.92. The molecule has 1 aliphatic rings. The molecule has 0 aromatic rings. The van der Waals surface area contributed by atoms with E-state index in [1.54, 1.807) is 0 Å². The molecular weight excluding hydrogens is 76.1 g/mol. The molecule has 1 rings (SSSR count). The Hall–Kier alpha value is -0.660. The zero-order valence-corrected chi connectivity index (χ0v) is 3.73. The molecule has 1 N–H and O–H groups in total. The summed E-state index contributed by atoms with van der Waals surface area (Å²) >= 11 is 0. The molecule has 0 aliphatic carbocycles. The first-order valence-electron chi connectivity index (χ1n) is 1.99. The van der Waals surface area contributed by atoms with E-state index < -0.39 is 0 Å². The van der Waals surface area contributed by atoms with Crippen molar-refractivity contribution in [2.24, 2.45) is 4.99 Å². The molecule has 2 nitrogen and oxygen atoms in total. The lowest BCUT2D eigenvalue weighted by atomic mass is 10.7. The molecule has 0 unspecified atom stereocenters. The average molecular weight is 83.1 g/mol. The van der Waals surface area contributed by atoms with E-state index in [2.05, 4.69) is 9.98 Å². The SMILES string of the molecule is CC1=[NH+]CC=N1. The molecule has 0 aromatic carbocycles. The lowest BCUT2D eigenvalue weighted by Crippen LogP contribution is -2.69. The Morgan fingerprint density at radius 2 is 2.83 bits per heavy atom. The van der Waals surface area contributed by atoms with Gasteiger partial charge >= 0.3 is 0 Å². The highest BCUT2D eigenvalue weighted by molar-refractivity contribution is 5.86. The topological polar surface area (TPSA) is 26.3 Å². The molecule has 1 heterocycles. The van der Waals surface area contributed by atoms with Crippen molar-refractivity contribution in [2.45, 2.75) is 6.92 Å². The Bertz CT molecular complexity index is 99.4. The van der Waals surface area contributed by atoms with Gasteiger partial charge in [0.05, 0.1) is 0 Å². The molecule has 6 heavy (non-hydrogen) atoms. The predicted octanol–water partition coefficient (Wildman–Crippen LogP) is -1.43. The van der Waals surface area contributed by atoms with Crippen LogP contribution >= 0.6 is 0 Å². The molecule has 1 aliphatic heterocycles. The number of hydrogen-bond donors (Lipinski definition) is 1. The van der Waals surface area contributed by atoms with E-state index in [-0.39, 0.29) is 0 Å². The largest absolute Gasteiger partial charge is 0.288 e. The van der Waals surface area contributed by atoms with Gasteiger partial charge in [0.1, 0.15) is 6.54 Å². The van der Waals surface area contributed by atoms with Crippen molar-refractivity contribution >= 4 is 12.1 Å². The van der Waals surface area contributed by atoms with Crippen LogP contribution in [0.15, 0.2) is 4.99 Å². The minimum Gasteiger partial charge on any atom is -0.268 e. The minimum atomic E-state index is 0.909. The highest BCUT2D eigenvalue weighted by atomic mass is 15.0. The minimum absolute atomic E-state index is 0.909. The fourth-order valence-corrected chi connectivity index (χ4v) is 0.422. The third-order valence-corrected chi connectivity index (χ3v) is 0.734. The quantitative estimate of drug-likeness (QED) is 0.371. The summed E-state index contributed by atoms with van der Waals surface area (Å²) in [5.41, 5.74) is 0. The Kier molecular flexibility index (Phi) is 0.708. The second-order valence-electron chi connectivity index (χ2n) is 1.28. The molecule has 0 fully saturated rings. The van der Waals surface area contributed by atoms with E-state index >= 15 is 0 Å². The third kappa shape index (κ3) is 0.455. The number of nitrogens with zero attached hydrogens (tertiary/aromatic N) is 1. The Labute approximate surface area is 36.6 Å². The van der Waals surface area contributed by atoms with Crippen molar-refractivity contribution in [3.8, 4) is 0 Å². The van der Waals surface area contributed by atoms with Gasteiger partial charge in [0.15, 0.2) is 6.21 Å². The van der Waals surface area contributed by atoms with Gasteiger partial charge in [0.25, 0.3) is 5.84 Å². The second kappa shape index (κ2) is 1.20. The van der Waals surface area contributed by atoms with Crippen LogP contribution < -0.4 is 4.99 Å². The fourth-order valence-electron chi connectivity index (χ4n) is 0.422. The third-order valence-electron chi connectivity index (χ3n) is 0.734. The predicted molar refractivity (Wildman–Crippen MR) is 25.0 cm³/mol. The zero-order valence-electron chi connectivity index (χ0n) is 3.73. The normalized spacial score (nSPS) is 18.5. The molecule has 0 saturated heterocycles. The summed E-state index contributed by atoms with van der Waals surface area (Å²) in [6.45, 7) is 2.86. The van der Waals surface area contributed by atoms with Gasteiger partial charge in [-0.1, -0.05) is 4.99 Å². The number of hydrogen-bond acceptors (Lipinski definition) is 1. The van der Waals surface area contributed by atoms with Gasteiger partial charge in [-0.3, -0.25) is 4.99 Å². The lowest BCUT2D eigenvalue weighted by molar-refractivity contribution is -0.434. The summed E-state index contributed by atoms with van der Waals surface area (Å²) in [5.74, 6) is 1.02. The monoisotopic (exact) mass is 83.1 g/mol.